The normalized spacial score (nSPS) is 23.3. The quantitative estimate of drug-likeness (QED) is 0.124. The molecule has 0 amide bonds. The molecule has 0 spiro atoms. The minimum absolute atomic E-state index is 0. The molecule has 0 saturated heterocycles. The van der Waals surface area contributed by atoms with Crippen LogP contribution in [0.4, 0.5) is 0 Å². The van der Waals surface area contributed by atoms with Crippen molar-refractivity contribution in [3.05, 3.63) is 48.6 Å². The van der Waals surface area contributed by atoms with Crippen LogP contribution in [0, 0.1) is 0 Å². The average molecular weight is 663 g/mol. The van der Waals surface area contributed by atoms with Crippen LogP contribution in [-0.2, 0) is 20.4 Å². The van der Waals surface area contributed by atoms with Gasteiger partial charge in [0.05, 0.1) is 0 Å². The number of allylic oxidation sites excluding steroid dienone is 8. The summed E-state index contributed by atoms with van der Waals surface area (Å²) >= 11 is 0. The molecule has 4 rings (SSSR count). The maximum absolute atomic E-state index is 2.47. The number of hydrogen-bond donors (Lipinski definition) is 0. The van der Waals surface area contributed by atoms with Gasteiger partial charge in [-0.2, -0.15) is 0 Å². The third-order valence-corrected chi connectivity index (χ3v) is 16.8. The van der Waals surface area contributed by atoms with Gasteiger partial charge >= 0.3 is 0 Å². The van der Waals surface area contributed by atoms with E-state index in [9.17, 15) is 0 Å². The number of hydrogen-bond acceptors (Lipinski definition) is 0. The molecule has 3 heteroatoms. The average Bonchev–Trinajstić information content (AvgIpc) is 2.99. The Balaban J connectivity index is 0.000000267. The topological polar surface area (TPSA) is 0 Å². The molecule has 0 nitrogen and oxygen atoms in total. The van der Waals surface area contributed by atoms with Crippen molar-refractivity contribution in [1.29, 1.82) is 0 Å². The van der Waals surface area contributed by atoms with Gasteiger partial charge < -0.3 is 0 Å². The molecule has 4 saturated carbocycles. The monoisotopic (exact) mass is 662 g/mol. The van der Waals surface area contributed by atoms with Gasteiger partial charge in [-0.15, -0.1) is 0 Å². The Hall–Kier alpha value is 0.482. The summed E-state index contributed by atoms with van der Waals surface area (Å²) in [4.78, 5) is 0. The van der Waals surface area contributed by atoms with Crippen molar-refractivity contribution in [2.75, 3.05) is 12.3 Å². The molecule has 0 radical (unpaired) electrons. The van der Waals surface area contributed by atoms with Gasteiger partial charge in [-0.25, -0.2) is 0 Å². The van der Waals surface area contributed by atoms with Crippen LogP contribution in [0.2, 0.25) is 0 Å². The Morgan fingerprint density at radius 1 is 0.410 bits per heavy atom. The first-order valence-corrected chi connectivity index (χ1v) is 20.2. The molecule has 0 atom stereocenters. The van der Waals surface area contributed by atoms with Crippen molar-refractivity contribution in [2.24, 2.45) is 0 Å². The second-order valence-electron chi connectivity index (χ2n) is 12.5. The van der Waals surface area contributed by atoms with Crippen molar-refractivity contribution >= 4 is 15.8 Å². The molecule has 0 aromatic carbocycles. The molecular weight excluding hydrogens is 601 g/mol. The van der Waals surface area contributed by atoms with Gasteiger partial charge in [-0.05, 0) is 100 Å². The third kappa shape index (κ3) is 14.0. The molecule has 4 fully saturated rings. The molecule has 0 aromatic heterocycles. The summed E-state index contributed by atoms with van der Waals surface area (Å²) in [7, 11) is 0.531. The summed E-state index contributed by atoms with van der Waals surface area (Å²) in [5.41, 5.74) is 4.40. The zero-order chi connectivity index (χ0) is 26.7. The standard InChI is InChI=1S/2C18H31P.Pd/c2*1-2-3-4-11-16-19(17-12-7-5-8-13-17)18-14-9-6-10-15-18;/h2*2-4,11,17-18H,5-10,12-16H2,1H3;. The third-order valence-electron chi connectivity index (χ3n) is 9.69. The van der Waals surface area contributed by atoms with E-state index in [2.05, 4.69) is 62.5 Å². The summed E-state index contributed by atoms with van der Waals surface area (Å²) < 4.78 is 0. The molecule has 4 aliphatic carbocycles. The van der Waals surface area contributed by atoms with E-state index in [0.29, 0.717) is 0 Å². The molecule has 0 bridgehead atoms. The summed E-state index contributed by atoms with van der Waals surface area (Å²) in [6.07, 6.45) is 51.3. The van der Waals surface area contributed by atoms with Gasteiger partial charge in [0.2, 0.25) is 0 Å². The van der Waals surface area contributed by atoms with E-state index in [0.717, 1.165) is 22.6 Å². The van der Waals surface area contributed by atoms with E-state index in [-0.39, 0.29) is 36.3 Å². The van der Waals surface area contributed by atoms with E-state index >= 15 is 0 Å². The van der Waals surface area contributed by atoms with Gasteiger partial charge in [0.25, 0.3) is 0 Å². The maximum Gasteiger partial charge on any atom is 0 e. The molecule has 39 heavy (non-hydrogen) atoms. The molecule has 0 N–H and O–H groups in total. The molecular formula is C36H62P2Pd. The fourth-order valence-corrected chi connectivity index (χ4v) is 14.8. The minimum atomic E-state index is 0. The van der Waals surface area contributed by atoms with Gasteiger partial charge in [-0.1, -0.05) is 142 Å². The van der Waals surface area contributed by atoms with Crippen molar-refractivity contribution in [2.45, 2.75) is 165 Å². The zero-order valence-corrected chi connectivity index (χ0v) is 29.0. The largest absolute Gasteiger partial charge is 0.0965 e. The van der Waals surface area contributed by atoms with Crippen LogP contribution >= 0.6 is 15.8 Å². The Kier molecular flexibility index (Phi) is 21.0. The summed E-state index contributed by atoms with van der Waals surface area (Å²) in [6, 6.07) is 0. The van der Waals surface area contributed by atoms with Gasteiger partial charge in [0.15, 0.2) is 0 Å². The van der Waals surface area contributed by atoms with Crippen LogP contribution in [0.3, 0.4) is 0 Å². The van der Waals surface area contributed by atoms with Gasteiger partial charge in [-0.3, -0.25) is 0 Å². The van der Waals surface area contributed by atoms with Crippen LogP contribution < -0.4 is 0 Å². The van der Waals surface area contributed by atoms with E-state index in [1.165, 1.54) is 89.4 Å². The van der Waals surface area contributed by atoms with E-state index in [4.69, 9.17) is 0 Å². The summed E-state index contributed by atoms with van der Waals surface area (Å²) in [5.74, 6) is 0. The van der Waals surface area contributed by atoms with Crippen LogP contribution in [0.15, 0.2) is 48.6 Å². The predicted octanol–water partition coefficient (Wildman–Crippen LogP) is 12.5. The SMILES string of the molecule is CC=CC=CCP(C1CCCCC1)C1CCCCC1.CC=CC=CCP(C1CCCCC1)C1CCCCC1.[Pd]. The van der Waals surface area contributed by atoms with E-state index in [1.54, 1.807) is 51.4 Å². The van der Waals surface area contributed by atoms with Crippen LogP contribution in [-0.4, -0.2) is 35.0 Å². The van der Waals surface area contributed by atoms with Gasteiger partial charge in [0, 0.05) is 20.4 Å². The van der Waals surface area contributed by atoms with Crippen molar-refractivity contribution in [3.63, 3.8) is 0 Å². The Labute approximate surface area is 261 Å². The van der Waals surface area contributed by atoms with E-state index < -0.39 is 0 Å². The molecule has 0 unspecified atom stereocenters. The first-order valence-electron chi connectivity index (χ1n) is 16.9. The Bertz CT molecular complexity index is 591. The van der Waals surface area contributed by atoms with Gasteiger partial charge in [0.1, 0.15) is 0 Å². The summed E-state index contributed by atoms with van der Waals surface area (Å²) in [5, 5.41) is 0. The maximum atomic E-state index is 2.47. The first kappa shape index (κ1) is 35.7. The van der Waals surface area contributed by atoms with Crippen LogP contribution in [0.25, 0.3) is 0 Å². The smallest absolute Gasteiger partial charge is 0 e. The fraction of sp³-hybridized carbons (Fsp3) is 0.778. The molecule has 226 valence electrons. The van der Waals surface area contributed by atoms with Crippen molar-refractivity contribution in [1.82, 2.24) is 0 Å². The van der Waals surface area contributed by atoms with Crippen molar-refractivity contribution in [3.8, 4) is 0 Å². The van der Waals surface area contributed by atoms with Crippen LogP contribution in [0.1, 0.15) is 142 Å². The number of rotatable bonds is 10. The first-order chi connectivity index (χ1) is 18.8. The molecule has 4 aliphatic rings. The predicted molar refractivity (Wildman–Crippen MR) is 179 cm³/mol. The Morgan fingerprint density at radius 3 is 0.897 bits per heavy atom. The summed E-state index contributed by atoms with van der Waals surface area (Å²) in [6.45, 7) is 4.21. The second-order valence-corrected chi connectivity index (χ2v) is 18.2. The van der Waals surface area contributed by atoms with Crippen LogP contribution in [0.5, 0.6) is 0 Å². The van der Waals surface area contributed by atoms with Crippen molar-refractivity contribution < 1.29 is 20.4 Å². The minimum Gasteiger partial charge on any atom is -0.0965 e. The molecule has 0 aromatic rings. The van der Waals surface area contributed by atoms with E-state index in [1.807, 2.05) is 0 Å². The zero-order valence-electron chi connectivity index (χ0n) is 25.7. The molecule has 0 heterocycles. The second kappa shape index (κ2) is 23.0. The molecule has 0 aliphatic heterocycles. The Morgan fingerprint density at radius 2 is 0.667 bits per heavy atom. The fourth-order valence-electron chi connectivity index (χ4n) is 7.59.